The topological polar surface area (TPSA) is 29.0 Å². The summed E-state index contributed by atoms with van der Waals surface area (Å²) in [7, 11) is 0. The maximum Gasteiger partial charge on any atom is 0.393 e. The number of alkyl halides is 3. The first-order valence-corrected chi connectivity index (χ1v) is 6.38. The van der Waals surface area contributed by atoms with Crippen molar-refractivity contribution in [3.63, 3.8) is 0 Å². The number of piperidine rings is 1. The van der Waals surface area contributed by atoms with E-state index in [2.05, 4.69) is 9.59 Å². The molecule has 1 atom stereocenters. The van der Waals surface area contributed by atoms with Crippen molar-refractivity contribution < 1.29 is 13.2 Å². The number of rotatable bonds is 2. The van der Waals surface area contributed by atoms with Gasteiger partial charge in [0.15, 0.2) is 0 Å². The van der Waals surface area contributed by atoms with Gasteiger partial charge in [0.2, 0.25) is 0 Å². The summed E-state index contributed by atoms with van der Waals surface area (Å²) in [6, 6.07) is 0. The molecule has 2 heterocycles. The summed E-state index contributed by atoms with van der Waals surface area (Å²) in [6.07, 6.45) is -3.34. The van der Waals surface area contributed by atoms with Crippen LogP contribution < -0.4 is 0 Å². The van der Waals surface area contributed by atoms with Crippen LogP contribution >= 0.6 is 23.1 Å². The zero-order valence-corrected chi connectivity index (χ0v) is 10.4. The number of nitrogens with zero attached hydrogens (tertiary/aromatic N) is 3. The van der Waals surface area contributed by atoms with E-state index in [0.29, 0.717) is 29.5 Å². The maximum atomic E-state index is 12.6. The van der Waals surface area contributed by atoms with Gasteiger partial charge in [0.1, 0.15) is 10.0 Å². The SMILES string of the molecule is FC(F)(F)[C@H]1CCCN(Cc2nnsc2Cl)C1. The van der Waals surface area contributed by atoms with Crippen molar-refractivity contribution in [1.29, 1.82) is 0 Å². The summed E-state index contributed by atoms with van der Waals surface area (Å²) >= 11 is 6.88. The molecule has 1 aromatic rings. The number of hydrogen-bond donors (Lipinski definition) is 0. The molecular weight excluding hydrogens is 275 g/mol. The van der Waals surface area contributed by atoms with Crippen LogP contribution in [0.5, 0.6) is 0 Å². The Hall–Kier alpha value is -0.400. The third-order valence-electron chi connectivity index (χ3n) is 2.85. The zero-order valence-electron chi connectivity index (χ0n) is 8.87. The molecule has 0 aromatic carbocycles. The average molecular weight is 286 g/mol. The second kappa shape index (κ2) is 5.07. The molecule has 8 heteroatoms. The van der Waals surface area contributed by atoms with E-state index < -0.39 is 12.1 Å². The van der Waals surface area contributed by atoms with Gasteiger partial charge in [-0.25, -0.2) is 0 Å². The van der Waals surface area contributed by atoms with Gasteiger partial charge in [0.25, 0.3) is 0 Å². The summed E-state index contributed by atoms with van der Waals surface area (Å²) in [4.78, 5) is 1.74. The lowest BCUT2D eigenvalue weighted by atomic mass is 9.97. The molecule has 0 radical (unpaired) electrons. The number of likely N-dealkylation sites (tertiary alicyclic amines) is 1. The standard InChI is InChI=1S/C9H11ClF3N3S/c10-8-7(14-15-17-8)5-16-3-1-2-6(4-16)9(11,12)13/h6H,1-5H2/t6-/m0/s1. The number of aromatic nitrogens is 2. The van der Waals surface area contributed by atoms with Gasteiger partial charge in [0, 0.05) is 24.6 Å². The Labute approximate surface area is 106 Å². The van der Waals surface area contributed by atoms with Gasteiger partial charge in [-0.3, -0.25) is 4.90 Å². The van der Waals surface area contributed by atoms with E-state index in [-0.39, 0.29) is 13.0 Å². The van der Waals surface area contributed by atoms with Crippen LogP contribution in [0.4, 0.5) is 13.2 Å². The van der Waals surface area contributed by atoms with Crippen molar-refractivity contribution in [2.75, 3.05) is 13.1 Å². The van der Waals surface area contributed by atoms with E-state index in [4.69, 9.17) is 11.6 Å². The Morgan fingerprint density at radius 2 is 2.24 bits per heavy atom. The van der Waals surface area contributed by atoms with Crippen LogP contribution in [0, 0.1) is 5.92 Å². The molecule has 0 bridgehead atoms. The smallest absolute Gasteiger partial charge is 0.297 e. The van der Waals surface area contributed by atoms with Gasteiger partial charge < -0.3 is 0 Å². The average Bonchev–Trinajstić information content (AvgIpc) is 2.64. The van der Waals surface area contributed by atoms with Gasteiger partial charge in [0.05, 0.1) is 5.92 Å². The molecule has 1 aliphatic rings. The lowest BCUT2D eigenvalue weighted by molar-refractivity contribution is -0.187. The second-order valence-corrected chi connectivity index (χ2v) is 5.47. The first-order chi connectivity index (χ1) is 7.97. The lowest BCUT2D eigenvalue weighted by Gasteiger charge is -2.33. The molecule has 0 amide bonds. The van der Waals surface area contributed by atoms with Crippen molar-refractivity contribution in [3.05, 3.63) is 10.0 Å². The minimum atomic E-state index is -4.11. The van der Waals surface area contributed by atoms with Gasteiger partial charge in [-0.1, -0.05) is 16.1 Å². The molecule has 0 aliphatic carbocycles. The highest BCUT2D eigenvalue weighted by Crippen LogP contribution is 2.33. The molecule has 0 unspecified atom stereocenters. The summed E-state index contributed by atoms with van der Waals surface area (Å²) in [5.41, 5.74) is 0.569. The highest BCUT2D eigenvalue weighted by Gasteiger charge is 2.41. The highest BCUT2D eigenvalue weighted by molar-refractivity contribution is 7.10. The zero-order chi connectivity index (χ0) is 12.5. The van der Waals surface area contributed by atoms with E-state index in [1.54, 1.807) is 4.90 Å². The predicted octanol–water partition coefficient (Wildman–Crippen LogP) is 2.97. The van der Waals surface area contributed by atoms with Gasteiger partial charge in [-0.05, 0) is 19.4 Å². The second-order valence-electron chi connectivity index (χ2n) is 4.11. The van der Waals surface area contributed by atoms with Gasteiger partial charge in [-0.15, -0.1) is 5.10 Å². The molecule has 0 N–H and O–H groups in total. The van der Waals surface area contributed by atoms with Crippen molar-refractivity contribution in [2.24, 2.45) is 5.92 Å². The van der Waals surface area contributed by atoms with Crippen molar-refractivity contribution in [3.8, 4) is 0 Å². The monoisotopic (exact) mass is 285 g/mol. The molecule has 1 aliphatic heterocycles. The normalized spacial score (nSPS) is 22.9. The lowest BCUT2D eigenvalue weighted by Crippen LogP contribution is -2.41. The minimum absolute atomic E-state index is 0.0252. The van der Waals surface area contributed by atoms with Crippen LogP contribution in [0.3, 0.4) is 0 Å². The van der Waals surface area contributed by atoms with Crippen LogP contribution in [0.15, 0.2) is 0 Å². The Morgan fingerprint density at radius 1 is 1.47 bits per heavy atom. The minimum Gasteiger partial charge on any atom is -0.297 e. The van der Waals surface area contributed by atoms with E-state index >= 15 is 0 Å². The number of hydrogen-bond acceptors (Lipinski definition) is 4. The van der Waals surface area contributed by atoms with Gasteiger partial charge in [-0.2, -0.15) is 13.2 Å². The molecule has 1 aromatic heterocycles. The summed E-state index contributed by atoms with van der Waals surface area (Å²) in [6.45, 7) is 1.03. The molecule has 0 spiro atoms. The summed E-state index contributed by atoms with van der Waals surface area (Å²) in [5.74, 6) is -1.23. The molecule has 17 heavy (non-hydrogen) atoms. The first-order valence-electron chi connectivity index (χ1n) is 5.22. The van der Waals surface area contributed by atoms with Crippen LogP contribution in [0.25, 0.3) is 0 Å². The fraction of sp³-hybridized carbons (Fsp3) is 0.778. The first kappa shape index (κ1) is 13.0. The molecule has 3 nitrogen and oxygen atoms in total. The largest absolute Gasteiger partial charge is 0.393 e. The third-order valence-corrected chi connectivity index (χ3v) is 3.84. The maximum absolute atomic E-state index is 12.6. The Balaban J connectivity index is 1.96. The molecule has 1 saturated heterocycles. The van der Waals surface area contributed by atoms with Crippen LogP contribution in [0.2, 0.25) is 4.34 Å². The third kappa shape index (κ3) is 3.29. The number of halogens is 4. The summed E-state index contributed by atoms with van der Waals surface area (Å²) in [5, 5.41) is 3.81. The van der Waals surface area contributed by atoms with Crippen LogP contribution in [-0.4, -0.2) is 33.8 Å². The Morgan fingerprint density at radius 3 is 2.82 bits per heavy atom. The van der Waals surface area contributed by atoms with E-state index in [1.807, 2.05) is 0 Å². The van der Waals surface area contributed by atoms with Crippen molar-refractivity contribution >= 4 is 23.1 Å². The van der Waals surface area contributed by atoms with Crippen LogP contribution in [-0.2, 0) is 6.54 Å². The van der Waals surface area contributed by atoms with Crippen LogP contribution in [0.1, 0.15) is 18.5 Å². The van der Waals surface area contributed by atoms with E-state index in [9.17, 15) is 13.2 Å². The Kier molecular flexibility index (Phi) is 3.89. The van der Waals surface area contributed by atoms with E-state index in [1.165, 1.54) is 0 Å². The van der Waals surface area contributed by atoms with E-state index in [0.717, 1.165) is 11.5 Å². The summed E-state index contributed by atoms with van der Waals surface area (Å²) < 4.78 is 41.9. The molecule has 96 valence electrons. The quantitative estimate of drug-likeness (QED) is 0.836. The highest BCUT2D eigenvalue weighted by atomic mass is 35.5. The molecule has 2 rings (SSSR count). The fourth-order valence-corrected chi connectivity index (χ4v) is 2.58. The fourth-order valence-electron chi connectivity index (χ4n) is 1.97. The Bertz CT molecular complexity index is 382. The molecular formula is C9H11ClF3N3S. The molecule has 1 fully saturated rings. The molecule has 0 saturated carbocycles. The predicted molar refractivity (Wildman–Crippen MR) is 59.0 cm³/mol. The van der Waals surface area contributed by atoms with Gasteiger partial charge >= 0.3 is 6.18 Å². The van der Waals surface area contributed by atoms with Crippen molar-refractivity contribution in [1.82, 2.24) is 14.5 Å². The van der Waals surface area contributed by atoms with Crippen molar-refractivity contribution in [2.45, 2.75) is 25.6 Å².